The molecular weight excluding hydrogens is 340 g/mol. The number of para-hydroxylation sites is 2. The molecule has 0 aromatic heterocycles. The predicted octanol–water partition coefficient (Wildman–Crippen LogP) is 3.89. The second kappa shape index (κ2) is 10.2. The van der Waals surface area contributed by atoms with Gasteiger partial charge in [-0.3, -0.25) is 9.59 Å². The molecule has 2 amide bonds. The van der Waals surface area contributed by atoms with E-state index in [0.29, 0.717) is 18.0 Å². The average Bonchev–Trinajstić information content (AvgIpc) is 2.66. The van der Waals surface area contributed by atoms with Gasteiger partial charge in [0.25, 0.3) is 0 Å². The molecule has 5 nitrogen and oxygen atoms in total. The summed E-state index contributed by atoms with van der Waals surface area (Å²) in [6, 6.07) is 15.1. The lowest BCUT2D eigenvalue weighted by molar-refractivity contribution is -0.130. The maximum atomic E-state index is 12.5. The molecule has 0 spiro atoms. The highest BCUT2D eigenvalue weighted by Gasteiger charge is 2.15. The quantitative estimate of drug-likeness (QED) is 0.721. The molecule has 0 saturated heterocycles. The van der Waals surface area contributed by atoms with E-state index in [2.05, 4.69) is 5.32 Å². The molecule has 2 aromatic rings. The van der Waals surface area contributed by atoms with Crippen molar-refractivity contribution in [2.45, 2.75) is 20.3 Å². The Balaban J connectivity index is 2.03. The molecule has 5 heteroatoms. The normalized spacial score (nSPS) is 10.6. The van der Waals surface area contributed by atoms with Crippen LogP contribution in [0.4, 0.5) is 5.69 Å². The summed E-state index contributed by atoms with van der Waals surface area (Å²) in [5, 5.41) is 2.80. The Hall–Kier alpha value is -3.08. The highest BCUT2D eigenvalue weighted by molar-refractivity contribution is 5.98. The van der Waals surface area contributed by atoms with E-state index >= 15 is 0 Å². The largest absolute Gasteiger partial charge is 0.495 e. The minimum absolute atomic E-state index is 0.0110. The van der Waals surface area contributed by atoms with Crippen LogP contribution >= 0.6 is 0 Å². The molecular formula is C22H26N2O3. The number of nitrogens with zero attached hydrogens (tertiary/aromatic N) is 1. The highest BCUT2D eigenvalue weighted by Crippen LogP contribution is 2.22. The van der Waals surface area contributed by atoms with Crippen molar-refractivity contribution in [1.29, 1.82) is 0 Å². The van der Waals surface area contributed by atoms with Gasteiger partial charge in [-0.1, -0.05) is 48.9 Å². The van der Waals surface area contributed by atoms with Crippen molar-refractivity contribution in [2.75, 3.05) is 25.5 Å². The number of carbonyl (C=O) groups is 2. The first kappa shape index (κ1) is 20.2. The van der Waals surface area contributed by atoms with Gasteiger partial charge in [0.15, 0.2) is 0 Å². The summed E-state index contributed by atoms with van der Waals surface area (Å²) in [5.74, 6) is 0.136. The molecule has 27 heavy (non-hydrogen) atoms. The molecule has 0 heterocycles. The Kier molecular flexibility index (Phi) is 7.62. The molecule has 0 bridgehead atoms. The van der Waals surface area contributed by atoms with Gasteiger partial charge in [-0.15, -0.1) is 0 Å². The summed E-state index contributed by atoms with van der Waals surface area (Å²) in [6.45, 7) is 4.48. The van der Waals surface area contributed by atoms with Gasteiger partial charge in [0.1, 0.15) is 12.3 Å². The number of amides is 2. The number of hydrogen-bond donors (Lipinski definition) is 1. The van der Waals surface area contributed by atoms with E-state index in [9.17, 15) is 9.59 Å². The van der Waals surface area contributed by atoms with Gasteiger partial charge in [-0.2, -0.15) is 0 Å². The molecule has 0 fully saturated rings. The monoisotopic (exact) mass is 366 g/mol. The van der Waals surface area contributed by atoms with E-state index in [-0.39, 0.29) is 18.4 Å². The molecule has 0 aliphatic heterocycles. The zero-order chi connectivity index (χ0) is 19.6. The first-order valence-corrected chi connectivity index (χ1v) is 9.00. The molecule has 1 N–H and O–H groups in total. The Morgan fingerprint density at radius 2 is 1.93 bits per heavy atom. The standard InChI is InChI=1S/C22H26N2O3/c1-4-14-24(22(26)13-12-18-9-7-8-17(2)15-18)16-21(25)23-19-10-5-6-11-20(19)27-3/h5-13,15H,4,14,16H2,1-3H3,(H,23,25)/b13-12+. The minimum Gasteiger partial charge on any atom is -0.495 e. The third-order valence-corrected chi connectivity index (χ3v) is 3.98. The van der Waals surface area contributed by atoms with Crippen LogP contribution in [-0.2, 0) is 9.59 Å². The summed E-state index contributed by atoms with van der Waals surface area (Å²) < 4.78 is 5.24. The number of ether oxygens (including phenoxy) is 1. The van der Waals surface area contributed by atoms with Crippen molar-refractivity contribution in [2.24, 2.45) is 0 Å². The fraction of sp³-hybridized carbons (Fsp3) is 0.273. The molecule has 142 valence electrons. The highest BCUT2D eigenvalue weighted by atomic mass is 16.5. The smallest absolute Gasteiger partial charge is 0.247 e. The molecule has 2 rings (SSSR count). The van der Waals surface area contributed by atoms with Gasteiger partial charge in [0, 0.05) is 12.6 Å². The number of methoxy groups -OCH3 is 1. The Morgan fingerprint density at radius 1 is 1.15 bits per heavy atom. The minimum atomic E-state index is -0.259. The van der Waals surface area contributed by atoms with Gasteiger partial charge in [0.2, 0.25) is 11.8 Å². The number of carbonyl (C=O) groups excluding carboxylic acids is 2. The van der Waals surface area contributed by atoms with Crippen molar-refractivity contribution in [3.05, 3.63) is 65.7 Å². The second-order valence-electron chi connectivity index (χ2n) is 6.26. The predicted molar refractivity (Wildman–Crippen MR) is 109 cm³/mol. The van der Waals surface area contributed by atoms with Gasteiger partial charge >= 0.3 is 0 Å². The first-order valence-electron chi connectivity index (χ1n) is 9.00. The summed E-state index contributed by atoms with van der Waals surface area (Å²) in [4.78, 5) is 26.5. The molecule has 0 radical (unpaired) electrons. The Morgan fingerprint density at radius 3 is 2.63 bits per heavy atom. The van der Waals surface area contributed by atoms with Crippen molar-refractivity contribution in [3.63, 3.8) is 0 Å². The van der Waals surface area contributed by atoms with Gasteiger partial charge in [-0.05, 0) is 37.1 Å². The number of rotatable bonds is 8. The van der Waals surface area contributed by atoms with E-state index in [4.69, 9.17) is 4.74 Å². The van der Waals surface area contributed by atoms with Crippen molar-refractivity contribution in [3.8, 4) is 5.75 Å². The van der Waals surface area contributed by atoms with Crippen LogP contribution in [0.25, 0.3) is 6.08 Å². The fourth-order valence-corrected chi connectivity index (χ4v) is 2.69. The molecule has 2 aromatic carbocycles. The number of aryl methyl sites for hydroxylation is 1. The topological polar surface area (TPSA) is 58.6 Å². The van der Waals surface area contributed by atoms with Crippen LogP contribution < -0.4 is 10.1 Å². The third kappa shape index (κ3) is 6.29. The molecule has 0 saturated carbocycles. The zero-order valence-corrected chi connectivity index (χ0v) is 16.1. The fourth-order valence-electron chi connectivity index (χ4n) is 2.69. The van der Waals surface area contributed by atoms with Gasteiger partial charge in [-0.25, -0.2) is 0 Å². The zero-order valence-electron chi connectivity index (χ0n) is 16.1. The van der Waals surface area contributed by atoms with E-state index in [0.717, 1.165) is 17.5 Å². The van der Waals surface area contributed by atoms with Gasteiger partial charge in [0.05, 0.1) is 12.8 Å². The number of anilines is 1. The lowest BCUT2D eigenvalue weighted by Crippen LogP contribution is -2.37. The molecule has 0 atom stereocenters. The van der Waals surface area contributed by atoms with Gasteiger partial charge < -0.3 is 15.0 Å². The second-order valence-corrected chi connectivity index (χ2v) is 6.26. The van der Waals surface area contributed by atoms with Crippen molar-refractivity contribution in [1.82, 2.24) is 4.90 Å². The summed E-state index contributed by atoms with van der Waals surface area (Å²) in [6.07, 6.45) is 4.06. The first-order chi connectivity index (χ1) is 13.0. The average molecular weight is 366 g/mol. The van der Waals surface area contributed by atoms with Crippen LogP contribution in [-0.4, -0.2) is 36.9 Å². The van der Waals surface area contributed by atoms with E-state index in [1.807, 2.05) is 50.2 Å². The molecule has 0 unspecified atom stereocenters. The Bertz CT molecular complexity index is 815. The maximum Gasteiger partial charge on any atom is 0.247 e. The lowest BCUT2D eigenvalue weighted by Gasteiger charge is -2.20. The lowest BCUT2D eigenvalue weighted by atomic mass is 10.1. The van der Waals surface area contributed by atoms with Crippen LogP contribution in [0.15, 0.2) is 54.6 Å². The number of nitrogens with one attached hydrogen (secondary N) is 1. The van der Waals surface area contributed by atoms with E-state index in [1.54, 1.807) is 25.3 Å². The maximum absolute atomic E-state index is 12.5. The summed E-state index contributed by atoms with van der Waals surface area (Å²) in [7, 11) is 1.55. The molecule has 0 aliphatic carbocycles. The van der Waals surface area contributed by atoms with Crippen molar-refractivity contribution >= 4 is 23.6 Å². The Labute approximate surface area is 160 Å². The van der Waals surface area contributed by atoms with Crippen LogP contribution in [0.2, 0.25) is 0 Å². The van der Waals surface area contributed by atoms with Crippen molar-refractivity contribution < 1.29 is 14.3 Å². The number of hydrogen-bond acceptors (Lipinski definition) is 3. The summed E-state index contributed by atoms with van der Waals surface area (Å²) in [5.41, 5.74) is 2.67. The van der Waals surface area contributed by atoms with E-state index in [1.165, 1.54) is 11.0 Å². The SMILES string of the molecule is CCCN(CC(=O)Nc1ccccc1OC)C(=O)/C=C/c1cccc(C)c1. The van der Waals surface area contributed by atoms with Crippen LogP contribution in [0, 0.1) is 6.92 Å². The molecule has 0 aliphatic rings. The van der Waals surface area contributed by atoms with Crippen LogP contribution in [0.5, 0.6) is 5.75 Å². The summed E-state index contributed by atoms with van der Waals surface area (Å²) >= 11 is 0. The number of benzene rings is 2. The van der Waals surface area contributed by atoms with Crippen LogP contribution in [0.1, 0.15) is 24.5 Å². The van der Waals surface area contributed by atoms with Crippen LogP contribution in [0.3, 0.4) is 0 Å². The third-order valence-electron chi connectivity index (χ3n) is 3.98. The van der Waals surface area contributed by atoms with E-state index < -0.39 is 0 Å².